The van der Waals surface area contributed by atoms with Gasteiger partial charge < -0.3 is 10.2 Å². The van der Waals surface area contributed by atoms with Gasteiger partial charge in [-0.1, -0.05) is 48.0 Å². The number of hydrogen-bond acceptors (Lipinski definition) is 6. The second-order valence-corrected chi connectivity index (χ2v) is 10.3. The van der Waals surface area contributed by atoms with E-state index in [-0.39, 0.29) is 22.8 Å². The molecular formula is C25H25ClN4O6S. The molecule has 0 heterocycles. The Morgan fingerprint density at radius 2 is 1.68 bits per heavy atom. The van der Waals surface area contributed by atoms with Gasteiger partial charge in [0.15, 0.2) is 0 Å². The van der Waals surface area contributed by atoms with Gasteiger partial charge in [0.1, 0.15) is 12.6 Å². The smallest absolute Gasteiger partial charge is 0.271 e. The number of sulfonamides is 1. The highest BCUT2D eigenvalue weighted by Crippen LogP contribution is 2.27. The largest absolute Gasteiger partial charge is 0.357 e. The highest BCUT2D eigenvalue weighted by molar-refractivity contribution is 7.92. The summed E-state index contributed by atoms with van der Waals surface area (Å²) in [5.41, 5.74) is 0.265. The summed E-state index contributed by atoms with van der Waals surface area (Å²) in [5.74, 6) is -1.13. The van der Waals surface area contributed by atoms with E-state index in [0.29, 0.717) is 10.6 Å². The molecule has 10 nitrogen and oxygen atoms in total. The van der Waals surface area contributed by atoms with Crippen molar-refractivity contribution in [1.29, 1.82) is 0 Å². The van der Waals surface area contributed by atoms with Crippen LogP contribution < -0.4 is 9.62 Å². The second kappa shape index (κ2) is 11.8. The molecule has 3 rings (SSSR count). The van der Waals surface area contributed by atoms with E-state index in [1.54, 1.807) is 30.3 Å². The predicted molar refractivity (Wildman–Crippen MR) is 140 cm³/mol. The second-order valence-electron chi connectivity index (χ2n) is 8.04. The van der Waals surface area contributed by atoms with Gasteiger partial charge in [-0.15, -0.1) is 0 Å². The monoisotopic (exact) mass is 544 g/mol. The minimum Gasteiger partial charge on any atom is -0.357 e. The zero-order valence-electron chi connectivity index (χ0n) is 20.1. The standard InChI is InChI=1S/C25H25ClN4O6S/c1-18(25(32)27-2)28(16-19-11-13-20(26)14-12-19)24(31)17-29(21-7-6-8-22(15-21)30(33)34)37(35,36)23-9-4-3-5-10-23/h3-15,18H,16-17H2,1-2H3,(H,27,32)/t18-/m0/s1. The molecule has 194 valence electrons. The quantitative estimate of drug-likeness (QED) is 0.306. The number of nitrogens with one attached hydrogen (secondary N) is 1. The van der Waals surface area contributed by atoms with Gasteiger partial charge in [-0.25, -0.2) is 8.42 Å². The number of halogens is 1. The molecule has 3 aromatic rings. The van der Waals surface area contributed by atoms with Crippen LogP contribution in [-0.4, -0.2) is 49.7 Å². The first-order valence-corrected chi connectivity index (χ1v) is 12.9. The number of amides is 2. The zero-order chi connectivity index (χ0) is 27.2. The molecule has 0 aliphatic rings. The number of nitro groups is 1. The third-order valence-electron chi connectivity index (χ3n) is 5.62. The summed E-state index contributed by atoms with van der Waals surface area (Å²) in [4.78, 5) is 37.9. The lowest BCUT2D eigenvalue weighted by molar-refractivity contribution is -0.384. The first-order chi connectivity index (χ1) is 17.5. The summed E-state index contributed by atoms with van der Waals surface area (Å²) in [6, 6.07) is 18.2. The summed E-state index contributed by atoms with van der Waals surface area (Å²) in [5, 5.41) is 14.3. The van der Waals surface area contributed by atoms with Crippen LogP contribution in [0.25, 0.3) is 0 Å². The summed E-state index contributed by atoms with van der Waals surface area (Å²) < 4.78 is 28.0. The third kappa shape index (κ3) is 6.63. The van der Waals surface area contributed by atoms with E-state index in [1.807, 2.05) is 0 Å². The molecule has 37 heavy (non-hydrogen) atoms. The van der Waals surface area contributed by atoms with Crippen molar-refractivity contribution in [2.24, 2.45) is 0 Å². The van der Waals surface area contributed by atoms with E-state index in [2.05, 4.69) is 5.32 Å². The molecule has 0 aliphatic heterocycles. The number of non-ortho nitro benzene ring substituents is 1. The SMILES string of the molecule is CNC(=O)[C@H](C)N(Cc1ccc(Cl)cc1)C(=O)CN(c1cccc([N+](=O)[O-])c1)S(=O)(=O)c1ccccc1. The van der Waals surface area contributed by atoms with Gasteiger partial charge >= 0.3 is 0 Å². The van der Waals surface area contributed by atoms with Gasteiger partial charge in [-0.3, -0.25) is 24.0 Å². The van der Waals surface area contributed by atoms with Crippen LogP contribution in [0, 0.1) is 10.1 Å². The molecule has 0 aromatic heterocycles. The Hall–Kier alpha value is -3.96. The maximum absolute atomic E-state index is 13.6. The number of hydrogen-bond donors (Lipinski definition) is 1. The van der Waals surface area contributed by atoms with Gasteiger partial charge in [-0.05, 0) is 42.8 Å². The average molecular weight is 545 g/mol. The Kier molecular flexibility index (Phi) is 8.85. The number of carbonyl (C=O) groups excluding carboxylic acids is 2. The summed E-state index contributed by atoms with van der Waals surface area (Å²) in [6.07, 6.45) is 0. The van der Waals surface area contributed by atoms with Crippen molar-refractivity contribution >= 4 is 44.8 Å². The van der Waals surface area contributed by atoms with Crippen molar-refractivity contribution in [3.8, 4) is 0 Å². The maximum atomic E-state index is 13.6. The molecule has 0 radical (unpaired) electrons. The Balaban J connectivity index is 2.06. The fourth-order valence-corrected chi connectivity index (χ4v) is 5.14. The molecule has 0 spiro atoms. The number of rotatable bonds is 10. The Bertz CT molecular complexity index is 1380. The van der Waals surface area contributed by atoms with E-state index in [1.165, 1.54) is 61.3 Å². The van der Waals surface area contributed by atoms with Crippen LogP contribution >= 0.6 is 11.6 Å². The van der Waals surface area contributed by atoms with Crippen molar-refractivity contribution in [2.75, 3.05) is 17.9 Å². The molecule has 0 saturated heterocycles. The van der Waals surface area contributed by atoms with Crippen LogP contribution in [0.2, 0.25) is 5.02 Å². The van der Waals surface area contributed by atoms with Crippen molar-refractivity contribution in [1.82, 2.24) is 10.2 Å². The van der Waals surface area contributed by atoms with E-state index in [9.17, 15) is 28.1 Å². The van der Waals surface area contributed by atoms with E-state index >= 15 is 0 Å². The minimum absolute atomic E-state index is 0.00124. The van der Waals surface area contributed by atoms with Crippen LogP contribution in [0.4, 0.5) is 11.4 Å². The highest BCUT2D eigenvalue weighted by Gasteiger charge is 2.32. The van der Waals surface area contributed by atoms with Crippen molar-refractivity contribution in [3.63, 3.8) is 0 Å². The van der Waals surface area contributed by atoms with Crippen LogP contribution in [0.15, 0.2) is 83.8 Å². The lowest BCUT2D eigenvalue weighted by Crippen LogP contribution is -2.50. The number of nitro benzene ring substituents is 1. The molecule has 0 aliphatic carbocycles. The fraction of sp³-hybridized carbons (Fsp3) is 0.200. The Labute approximate surface area is 219 Å². The number of likely N-dealkylation sites (N-methyl/N-ethyl adjacent to an activating group) is 1. The van der Waals surface area contributed by atoms with E-state index < -0.39 is 39.3 Å². The van der Waals surface area contributed by atoms with Crippen LogP contribution in [-0.2, 0) is 26.2 Å². The van der Waals surface area contributed by atoms with Gasteiger partial charge in [0, 0.05) is 30.7 Å². The normalized spacial score (nSPS) is 11.9. The van der Waals surface area contributed by atoms with Crippen LogP contribution in [0.1, 0.15) is 12.5 Å². The van der Waals surface area contributed by atoms with E-state index in [4.69, 9.17) is 11.6 Å². The number of carbonyl (C=O) groups is 2. The highest BCUT2D eigenvalue weighted by atomic mass is 35.5. The first-order valence-electron chi connectivity index (χ1n) is 11.1. The van der Waals surface area contributed by atoms with Crippen LogP contribution in [0.3, 0.4) is 0 Å². The molecule has 1 N–H and O–H groups in total. The number of nitrogens with zero attached hydrogens (tertiary/aromatic N) is 3. The summed E-state index contributed by atoms with van der Waals surface area (Å²) in [7, 11) is -2.88. The lowest BCUT2D eigenvalue weighted by Gasteiger charge is -2.31. The Morgan fingerprint density at radius 3 is 2.27 bits per heavy atom. The molecule has 1 atom stereocenters. The van der Waals surface area contributed by atoms with Gasteiger partial charge in [0.2, 0.25) is 11.8 Å². The van der Waals surface area contributed by atoms with Crippen molar-refractivity contribution < 1.29 is 22.9 Å². The molecule has 3 aromatic carbocycles. The van der Waals surface area contributed by atoms with Crippen molar-refractivity contribution in [3.05, 3.63) is 99.6 Å². The van der Waals surface area contributed by atoms with Gasteiger partial charge in [-0.2, -0.15) is 0 Å². The van der Waals surface area contributed by atoms with Crippen LogP contribution in [0.5, 0.6) is 0 Å². The average Bonchev–Trinajstić information content (AvgIpc) is 2.90. The lowest BCUT2D eigenvalue weighted by atomic mass is 10.1. The molecular weight excluding hydrogens is 520 g/mol. The predicted octanol–water partition coefficient (Wildman–Crippen LogP) is 3.61. The fourth-order valence-electron chi connectivity index (χ4n) is 3.59. The zero-order valence-corrected chi connectivity index (χ0v) is 21.6. The number of benzene rings is 3. The molecule has 0 bridgehead atoms. The van der Waals surface area contributed by atoms with Gasteiger partial charge in [0.05, 0.1) is 15.5 Å². The molecule has 0 fully saturated rings. The molecule has 0 saturated carbocycles. The van der Waals surface area contributed by atoms with Crippen molar-refractivity contribution in [2.45, 2.75) is 24.4 Å². The minimum atomic E-state index is -4.31. The first kappa shape index (κ1) is 27.6. The Morgan fingerprint density at radius 1 is 1.03 bits per heavy atom. The van der Waals surface area contributed by atoms with E-state index in [0.717, 1.165) is 10.4 Å². The molecule has 0 unspecified atom stereocenters. The third-order valence-corrected chi connectivity index (χ3v) is 7.66. The topological polar surface area (TPSA) is 130 Å². The number of anilines is 1. The van der Waals surface area contributed by atoms with Gasteiger partial charge in [0.25, 0.3) is 15.7 Å². The molecule has 2 amide bonds. The summed E-state index contributed by atoms with van der Waals surface area (Å²) >= 11 is 5.96. The maximum Gasteiger partial charge on any atom is 0.271 e. The summed E-state index contributed by atoms with van der Waals surface area (Å²) in [6.45, 7) is 0.822. The molecule has 12 heteroatoms.